The van der Waals surface area contributed by atoms with E-state index in [9.17, 15) is 9.18 Å². The molecule has 0 aromatic heterocycles. The highest BCUT2D eigenvalue weighted by atomic mass is 19.1. The first-order chi connectivity index (χ1) is 3.77. The molecule has 1 N–H and O–H groups in total. The average molecular weight is 119 g/mol. The highest BCUT2D eigenvalue weighted by Crippen LogP contribution is 1.75. The van der Waals surface area contributed by atoms with Crippen molar-refractivity contribution in [1.82, 2.24) is 5.32 Å². The molecule has 2 nitrogen and oxygen atoms in total. The van der Waals surface area contributed by atoms with E-state index in [1.807, 2.05) is 0 Å². The molecule has 0 atom stereocenters. The van der Waals surface area contributed by atoms with E-state index >= 15 is 0 Å². The van der Waals surface area contributed by atoms with Gasteiger partial charge in [0.25, 0.3) is 0 Å². The lowest BCUT2D eigenvalue weighted by molar-refractivity contribution is -0.118. The van der Waals surface area contributed by atoms with E-state index in [0.29, 0.717) is 13.0 Å². The van der Waals surface area contributed by atoms with Crippen molar-refractivity contribution in [2.45, 2.75) is 13.3 Å². The van der Waals surface area contributed by atoms with Gasteiger partial charge in [-0.3, -0.25) is 9.18 Å². The van der Waals surface area contributed by atoms with Crippen molar-refractivity contribution in [2.75, 3.05) is 13.2 Å². The van der Waals surface area contributed by atoms with E-state index in [0.717, 1.165) is 0 Å². The van der Waals surface area contributed by atoms with Crippen LogP contribution in [0.4, 0.5) is 4.39 Å². The Morgan fingerprint density at radius 1 is 1.75 bits per heavy atom. The molecule has 0 fully saturated rings. The van der Waals surface area contributed by atoms with E-state index in [1.54, 1.807) is 0 Å². The van der Waals surface area contributed by atoms with Crippen molar-refractivity contribution in [2.24, 2.45) is 0 Å². The predicted molar refractivity (Wildman–Crippen MR) is 29.3 cm³/mol. The van der Waals surface area contributed by atoms with Crippen molar-refractivity contribution >= 4 is 5.91 Å². The molecule has 48 valence electrons. The van der Waals surface area contributed by atoms with E-state index < -0.39 is 0 Å². The van der Waals surface area contributed by atoms with Gasteiger partial charge in [0.15, 0.2) is 0 Å². The quantitative estimate of drug-likeness (QED) is 0.538. The third-order valence-electron chi connectivity index (χ3n) is 0.684. The van der Waals surface area contributed by atoms with E-state index in [4.69, 9.17) is 0 Å². The summed E-state index contributed by atoms with van der Waals surface area (Å²) in [4.78, 5) is 10.1. The maximum Gasteiger partial charge on any atom is 0.216 e. The Morgan fingerprint density at radius 2 is 2.38 bits per heavy atom. The van der Waals surface area contributed by atoms with Crippen LogP contribution in [0, 0.1) is 0 Å². The van der Waals surface area contributed by atoms with Crippen LogP contribution in [0.25, 0.3) is 0 Å². The van der Waals surface area contributed by atoms with Crippen molar-refractivity contribution in [3.8, 4) is 0 Å². The summed E-state index contributed by atoms with van der Waals surface area (Å²) in [6.07, 6.45) is 0.416. The fourth-order valence-electron chi connectivity index (χ4n) is 0.331. The topological polar surface area (TPSA) is 29.1 Å². The maximum absolute atomic E-state index is 11.3. The largest absolute Gasteiger partial charge is 0.356 e. The molecule has 0 spiro atoms. The minimum atomic E-state index is -0.361. The molecule has 1 amide bonds. The second-order valence-electron chi connectivity index (χ2n) is 1.53. The highest BCUT2D eigenvalue weighted by molar-refractivity contribution is 5.72. The van der Waals surface area contributed by atoms with Gasteiger partial charge >= 0.3 is 0 Å². The van der Waals surface area contributed by atoms with Crippen LogP contribution in [0.2, 0.25) is 0 Å². The molecule has 8 heavy (non-hydrogen) atoms. The lowest BCUT2D eigenvalue weighted by atomic mass is 10.4. The Balaban J connectivity index is 2.82. The van der Waals surface area contributed by atoms with Crippen LogP contribution in [0.15, 0.2) is 0 Å². The van der Waals surface area contributed by atoms with Gasteiger partial charge in [-0.05, 0) is 6.42 Å². The van der Waals surface area contributed by atoms with Gasteiger partial charge in [0.2, 0.25) is 5.91 Å². The zero-order valence-corrected chi connectivity index (χ0v) is 4.91. The normalized spacial score (nSPS) is 8.75. The van der Waals surface area contributed by atoms with Crippen molar-refractivity contribution in [3.63, 3.8) is 0 Å². The molecule has 0 aliphatic carbocycles. The molecule has 0 bridgehead atoms. The Bertz CT molecular complexity index is 74.8. The highest BCUT2D eigenvalue weighted by Gasteiger charge is 1.87. The average Bonchev–Trinajstić information content (AvgIpc) is 1.66. The number of nitrogens with one attached hydrogen (secondary N) is 1. The van der Waals surface area contributed by atoms with Crippen molar-refractivity contribution in [1.29, 1.82) is 0 Å². The smallest absolute Gasteiger partial charge is 0.216 e. The third-order valence-corrected chi connectivity index (χ3v) is 0.684. The first-order valence-electron chi connectivity index (χ1n) is 2.57. The van der Waals surface area contributed by atoms with Gasteiger partial charge in [-0.1, -0.05) is 0 Å². The second-order valence-corrected chi connectivity index (χ2v) is 1.53. The number of amides is 1. The maximum atomic E-state index is 11.3. The lowest BCUT2D eigenvalue weighted by Crippen LogP contribution is -2.20. The van der Waals surface area contributed by atoms with Crippen LogP contribution in [0.3, 0.4) is 0 Å². The van der Waals surface area contributed by atoms with Crippen LogP contribution in [-0.4, -0.2) is 19.1 Å². The fraction of sp³-hybridized carbons (Fsp3) is 0.800. The summed E-state index contributed by atoms with van der Waals surface area (Å²) in [6, 6.07) is 0. The van der Waals surface area contributed by atoms with Gasteiger partial charge < -0.3 is 5.32 Å². The Kier molecular flexibility index (Phi) is 4.21. The van der Waals surface area contributed by atoms with Crippen LogP contribution in [0.5, 0.6) is 0 Å². The molecule has 0 rings (SSSR count). The summed E-state index contributed by atoms with van der Waals surface area (Å²) < 4.78 is 11.3. The molecule has 0 radical (unpaired) electrons. The first-order valence-corrected chi connectivity index (χ1v) is 2.57. The fourth-order valence-corrected chi connectivity index (χ4v) is 0.331. The number of carbonyl (C=O) groups is 1. The van der Waals surface area contributed by atoms with E-state index in [-0.39, 0.29) is 12.6 Å². The van der Waals surface area contributed by atoms with Crippen LogP contribution in [-0.2, 0) is 4.79 Å². The number of carbonyl (C=O) groups excluding carboxylic acids is 1. The van der Waals surface area contributed by atoms with Gasteiger partial charge in [-0.15, -0.1) is 0 Å². The predicted octanol–water partition coefficient (Wildman–Crippen LogP) is 0.482. The molecule has 0 saturated heterocycles. The van der Waals surface area contributed by atoms with Crippen molar-refractivity contribution in [3.05, 3.63) is 0 Å². The van der Waals surface area contributed by atoms with E-state index in [2.05, 4.69) is 5.32 Å². The minimum Gasteiger partial charge on any atom is -0.356 e. The third kappa shape index (κ3) is 5.40. The molecule has 3 heteroatoms. The summed E-state index contributed by atoms with van der Waals surface area (Å²) in [5, 5.41) is 2.47. The zero-order chi connectivity index (χ0) is 6.41. The summed E-state index contributed by atoms with van der Waals surface area (Å²) >= 11 is 0. The molecule has 0 unspecified atom stereocenters. The minimum absolute atomic E-state index is 0.0987. The van der Waals surface area contributed by atoms with Gasteiger partial charge in [0.05, 0.1) is 6.67 Å². The Hall–Kier alpha value is -0.600. The monoisotopic (exact) mass is 119 g/mol. The van der Waals surface area contributed by atoms with Crippen LogP contribution in [0.1, 0.15) is 13.3 Å². The molecule has 0 aliphatic rings. The summed E-state index contributed by atoms with van der Waals surface area (Å²) in [5.74, 6) is -0.0987. The first kappa shape index (κ1) is 7.40. The van der Waals surface area contributed by atoms with Crippen LogP contribution >= 0.6 is 0 Å². The SMILES string of the molecule is CC(=O)NCCCF. The molecule has 0 aromatic carbocycles. The van der Waals surface area contributed by atoms with Gasteiger partial charge in [0.1, 0.15) is 0 Å². The summed E-state index contributed by atoms with van der Waals surface area (Å²) in [6.45, 7) is 1.50. The number of hydrogen-bond donors (Lipinski definition) is 1. The molecule has 0 saturated carbocycles. The number of alkyl halides is 1. The number of rotatable bonds is 3. The number of hydrogen-bond acceptors (Lipinski definition) is 1. The van der Waals surface area contributed by atoms with Crippen molar-refractivity contribution < 1.29 is 9.18 Å². The summed E-state index contributed by atoms with van der Waals surface area (Å²) in [7, 11) is 0. The molecule has 0 heterocycles. The Labute approximate surface area is 48.1 Å². The van der Waals surface area contributed by atoms with Gasteiger partial charge in [-0.2, -0.15) is 0 Å². The Morgan fingerprint density at radius 3 is 2.75 bits per heavy atom. The summed E-state index contributed by atoms with van der Waals surface area (Å²) in [5.41, 5.74) is 0. The zero-order valence-electron chi connectivity index (χ0n) is 4.91. The second kappa shape index (κ2) is 4.56. The molecular formula is C5H10FNO. The molecule has 0 aliphatic heterocycles. The standard InChI is InChI=1S/C5H10FNO/c1-5(8)7-4-2-3-6/h2-4H2,1H3,(H,7,8). The lowest BCUT2D eigenvalue weighted by Gasteiger charge is -1.95. The number of halogens is 1. The van der Waals surface area contributed by atoms with Crippen LogP contribution < -0.4 is 5.32 Å². The van der Waals surface area contributed by atoms with Gasteiger partial charge in [0, 0.05) is 13.5 Å². The van der Waals surface area contributed by atoms with E-state index in [1.165, 1.54) is 6.92 Å². The van der Waals surface area contributed by atoms with Gasteiger partial charge in [-0.25, -0.2) is 0 Å². The molecular weight excluding hydrogens is 109 g/mol. The molecule has 0 aromatic rings.